The number of rotatable bonds is 7. The van der Waals surface area contributed by atoms with Gasteiger partial charge in [0.2, 0.25) is 0 Å². The first kappa shape index (κ1) is 21.0. The van der Waals surface area contributed by atoms with Gasteiger partial charge in [-0.2, -0.15) is 5.10 Å². The average Bonchev–Trinajstić information content (AvgIpc) is 3.09. The van der Waals surface area contributed by atoms with E-state index in [9.17, 15) is 4.79 Å². The predicted molar refractivity (Wildman–Crippen MR) is 123 cm³/mol. The van der Waals surface area contributed by atoms with Crippen LogP contribution in [0.4, 0.5) is 5.82 Å². The number of para-hydroxylation sites is 1. The Morgan fingerprint density at radius 3 is 2.61 bits per heavy atom. The summed E-state index contributed by atoms with van der Waals surface area (Å²) in [5.41, 5.74) is 9.24. The first-order valence-electron chi connectivity index (χ1n) is 10.0. The van der Waals surface area contributed by atoms with Gasteiger partial charge in [0.25, 0.3) is 5.91 Å². The van der Waals surface area contributed by atoms with Crippen molar-refractivity contribution in [3.63, 3.8) is 0 Å². The van der Waals surface area contributed by atoms with Crippen molar-refractivity contribution in [3.8, 4) is 17.2 Å². The van der Waals surface area contributed by atoms with Gasteiger partial charge in [-0.1, -0.05) is 36.0 Å². The smallest absolute Gasteiger partial charge is 0.255 e. The number of fused-ring (bicyclic) bond motifs is 1. The van der Waals surface area contributed by atoms with E-state index in [0.29, 0.717) is 18.1 Å². The van der Waals surface area contributed by atoms with Gasteiger partial charge in [0.1, 0.15) is 0 Å². The third kappa shape index (κ3) is 4.29. The zero-order chi connectivity index (χ0) is 22.0. The number of thioether (sulfide) groups is 1. The van der Waals surface area contributed by atoms with E-state index in [1.165, 1.54) is 0 Å². The molecule has 1 aliphatic rings. The molecule has 1 unspecified atom stereocenters. The molecule has 2 aromatic carbocycles. The minimum absolute atomic E-state index is 0.00867. The van der Waals surface area contributed by atoms with Gasteiger partial charge >= 0.3 is 0 Å². The lowest BCUT2D eigenvalue weighted by Crippen LogP contribution is -2.20. The summed E-state index contributed by atoms with van der Waals surface area (Å²) in [6.07, 6.45) is 0. The van der Waals surface area contributed by atoms with Crippen molar-refractivity contribution >= 4 is 28.5 Å². The third-order valence-electron chi connectivity index (χ3n) is 4.84. The molecule has 31 heavy (non-hydrogen) atoms. The second kappa shape index (κ2) is 8.85. The summed E-state index contributed by atoms with van der Waals surface area (Å²) < 4.78 is 13.2. The molecule has 0 saturated carbocycles. The molecule has 3 aromatic rings. The fourth-order valence-corrected chi connectivity index (χ4v) is 4.71. The number of benzene rings is 2. The Kier molecular flexibility index (Phi) is 5.99. The van der Waals surface area contributed by atoms with E-state index in [0.717, 1.165) is 33.4 Å². The van der Waals surface area contributed by atoms with E-state index >= 15 is 0 Å². The van der Waals surface area contributed by atoms with Crippen molar-refractivity contribution < 1.29 is 14.3 Å². The molecule has 0 aliphatic carbocycles. The Bertz CT molecular complexity index is 1140. The largest absolute Gasteiger partial charge is 0.490 e. The highest BCUT2D eigenvalue weighted by Crippen LogP contribution is 2.48. The van der Waals surface area contributed by atoms with Crippen LogP contribution in [0.2, 0.25) is 0 Å². The molecule has 8 heteroatoms. The van der Waals surface area contributed by atoms with Crippen molar-refractivity contribution in [1.29, 1.82) is 0 Å². The van der Waals surface area contributed by atoms with Gasteiger partial charge in [0.05, 0.1) is 28.3 Å². The van der Waals surface area contributed by atoms with Crippen molar-refractivity contribution in [2.24, 2.45) is 10.7 Å². The summed E-state index contributed by atoms with van der Waals surface area (Å²) in [4.78, 5) is 15.9. The van der Waals surface area contributed by atoms with E-state index in [1.54, 1.807) is 11.8 Å². The lowest BCUT2D eigenvalue weighted by molar-refractivity contribution is -0.119. The third-order valence-corrected chi connectivity index (χ3v) is 6.01. The molecular formula is C23H24N4O3S. The molecule has 0 saturated heterocycles. The molecule has 1 aromatic heterocycles. The van der Waals surface area contributed by atoms with Crippen LogP contribution in [0, 0.1) is 6.92 Å². The van der Waals surface area contributed by atoms with Crippen LogP contribution in [0.1, 0.15) is 35.9 Å². The van der Waals surface area contributed by atoms with Gasteiger partial charge in [-0.05, 0) is 50.6 Å². The Balaban J connectivity index is 1.77. The maximum Gasteiger partial charge on any atom is 0.255 e. The number of carbonyl (C=O) groups excluding carboxylic acids is 1. The number of hydrogen-bond donors (Lipinski definition) is 1. The van der Waals surface area contributed by atoms with Crippen molar-refractivity contribution in [2.75, 3.05) is 13.2 Å². The van der Waals surface area contributed by atoms with Crippen LogP contribution in [0.5, 0.6) is 11.5 Å². The molecule has 2 heterocycles. The molecule has 1 atom stereocenters. The minimum atomic E-state index is -0.533. The molecule has 0 radical (unpaired) electrons. The number of nitrogens with two attached hydrogens (primary N) is 1. The number of primary amides is 1. The summed E-state index contributed by atoms with van der Waals surface area (Å²) in [5, 5.41) is 5.76. The van der Waals surface area contributed by atoms with Crippen LogP contribution in [-0.2, 0) is 4.79 Å². The monoisotopic (exact) mass is 436 g/mol. The van der Waals surface area contributed by atoms with Crippen molar-refractivity contribution in [3.05, 3.63) is 65.4 Å². The van der Waals surface area contributed by atoms with Crippen molar-refractivity contribution in [1.82, 2.24) is 9.78 Å². The molecular weight excluding hydrogens is 412 g/mol. The normalized spacial score (nSPS) is 15.2. The zero-order valence-electron chi connectivity index (χ0n) is 17.7. The Hall–Kier alpha value is -3.26. The Morgan fingerprint density at radius 2 is 1.90 bits per heavy atom. The minimum Gasteiger partial charge on any atom is -0.490 e. The van der Waals surface area contributed by atoms with Crippen LogP contribution in [0.15, 0.2) is 53.5 Å². The average molecular weight is 437 g/mol. The first-order valence-corrected chi connectivity index (χ1v) is 10.9. The quantitative estimate of drug-likeness (QED) is 0.595. The zero-order valence-corrected chi connectivity index (χ0v) is 18.5. The van der Waals surface area contributed by atoms with Crippen LogP contribution in [-0.4, -0.2) is 33.9 Å². The molecule has 0 bridgehead atoms. The molecule has 160 valence electrons. The lowest BCUT2D eigenvalue weighted by atomic mass is 10.0. The number of carbonyl (C=O) groups is 1. The number of ether oxygens (including phenoxy) is 2. The molecule has 7 nitrogen and oxygen atoms in total. The molecule has 0 fully saturated rings. The number of amides is 1. The fourth-order valence-electron chi connectivity index (χ4n) is 3.55. The highest BCUT2D eigenvalue weighted by molar-refractivity contribution is 8.14. The fraction of sp³-hybridized carbons (Fsp3) is 0.261. The number of hydrogen-bond acceptors (Lipinski definition) is 6. The van der Waals surface area contributed by atoms with Gasteiger partial charge in [0, 0.05) is 5.56 Å². The van der Waals surface area contributed by atoms with Gasteiger partial charge in [-0.3, -0.25) is 4.79 Å². The number of aryl methyl sites for hydroxylation is 1. The van der Waals surface area contributed by atoms with E-state index in [1.807, 2.05) is 74.0 Å². The van der Waals surface area contributed by atoms with Crippen LogP contribution < -0.4 is 15.2 Å². The second-order valence-electron chi connectivity index (χ2n) is 7.09. The first-order chi connectivity index (χ1) is 15.0. The van der Waals surface area contributed by atoms with E-state index in [2.05, 4.69) is 0 Å². The Labute approximate surface area is 185 Å². The van der Waals surface area contributed by atoms with E-state index in [4.69, 9.17) is 25.3 Å². The van der Waals surface area contributed by atoms with E-state index in [-0.39, 0.29) is 11.9 Å². The summed E-state index contributed by atoms with van der Waals surface area (Å²) in [6, 6.07) is 15.8. The molecule has 2 N–H and O–H groups in total. The van der Waals surface area contributed by atoms with Gasteiger partial charge in [-0.25, -0.2) is 9.67 Å². The lowest BCUT2D eigenvalue weighted by Gasteiger charge is -2.23. The number of aromatic nitrogens is 2. The summed E-state index contributed by atoms with van der Waals surface area (Å²) in [6.45, 7) is 6.20. The van der Waals surface area contributed by atoms with E-state index < -0.39 is 5.91 Å². The topological polar surface area (TPSA) is 91.7 Å². The maximum atomic E-state index is 11.1. The van der Waals surface area contributed by atoms with Crippen LogP contribution in [0.3, 0.4) is 0 Å². The second-order valence-corrected chi connectivity index (χ2v) is 8.39. The highest BCUT2D eigenvalue weighted by Gasteiger charge is 2.30. The summed E-state index contributed by atoms with van der Waals surface area (Å²) in [5.74, 6) is 1.39. The van der Waals surface area contributed by atoms with Crippen molar-refractivity contribution in [2.45, 2.75) is 26.0 Å². The molecule has 0 spiro atoms. The van der Waals surface area contributed by atoms with Crippen LogP contribution >= 0.6 is 11.8 Å². The standard InChI is InChI=1S/C23H24N4O3S/c1-4-29-19-12-16(10-11-18(19)30-13-20(24)28)22-21-14(2)26-27(17-8-6-5-7-9-17)23(21)25-15(3)31-22/h5-12,22H,4,13H2,1-3H3,(H2,24,28). The summed E-state index contributed by atoms with van der Waals surface area (Å²) >= 11 is 1.68. The van der Waals surface area contributed by atoms with Gasteiger partial charge in [-0.15, -0.1) is 0 Å². The number of aliphatic imine (C=N–C) groups is 1. The summed E-state index contributed by atoms with van der Waals surface area (Å²) in [7, 11) is 0. The van der Waals surface area contributed by atoms with Crippen LogP contribution in [0.25, 0.3) is 5.69 Å². The van der Waals surface area contributed by atoms with Gasteiger partial charge in [0.15, 0.2) is 23.9 Å². The van der Waals surface area contributed by atoms with Gasteiger partial charge < -0.3 is 15.2 Å². The predicted octanol–water partition coefficient (Wildman–Crippen LogP) is 4.33. The maximum absolute atomic E-state index is 11.1. The molecule has 1 aliphatic heterocycles. The Morgan fingerprint density at radius 1 is 1.13 bits per heavy atom. The molecule has 1 amide bonds. The number of nitrogens with zero attached hydrogens (tertiary/aromatic N) is 3. The SMILES string of the molecule is CCOc1cc(C2SC(C)=Nc3c2c(C)nn3-c2ccccc2)ccc1OCC(N)=O. The highest BCUT2D eigenvalue weighted by atomic mass is 32.2. The molecule has 4 rings (SSSR count).